The van der Waals surface area contributed by atoms with Crippen molar-refractivity contribution in [3.8, 4) is 5.69 Å². The number of anilines is 2. The van der Waals surface area contributed by atoms with Crippen molar-refractivity contribution in [1.29, 1.82) is 0 Å². The zero-order valence-corrected chi connectivity index (χ0v) is 45.9. The van der Waals surface area contributed by atoms with E-state index in [0.29, 0.717) is 88.4 Å². The smallest absolute Gasteiger partial charge is 0.388 e. The topological polar surface area (TPSA) is 138 Å². The number of carbonyl (C=O) groups is 3. The Labute approximate surface area is 465 Å². The molecule has 0 radical (unpaired) electrons. The number of halogens is 3. The summed E-state index contributed by atoms with van der Waals surface area (Å²) in [4.78, 5) is 60.7. The molecule has 2 atom stereocenters. The van der Waals surface area contributed by atoms with Gasteiger partial charge in [0.15, 0.2) is 0 Å². The Morgan fingerprint density at radius 1 is 0.931 bits per heavy atom. The molecule has 382 valence electrons. The minimum atomic E-state index is -0.685. The van der Waals surface area contributed by atoms with E-state index in [9.17, 15) is 23.6 Å². The van der Waals surface area contributed by atoms with E-state index >= 15 is 8.78 Å². The number of benzene rings is 2. The number of likely N-dealkylation sites (N-methyl/N-ethyl adjacent to an activating group) is 1. The summed E-state index contributed by atoms with van der Waals surface area (Å²) in [5.74, 6) is -2.12. The molecule has 72 heavy (non-hydrogen) atoms. The number of amides is 3. The number of carbonyl (C=O) groups excluding carboxylic acids is 3. The van der Waals surface area contributed by atoms with Crippen molar-refractivity contribution in [3.63, 3.8) is 0 Å². The molecular weight excluding hydrogens is 949 g/mol. The average molecular weight is 1020 g/mol. The third-order valence-corrected chi connectivity index (χ3v) is 14.1. The minimum absolute atomic E-state index is 0. The van der Waals surface area contributed by atoms with Crippen molar-refractivity contribution < 1.29 is 78.9 Å². The molecule has 2 aromatic carbocycles. The Balaban J connectivity index is 0.00000238. The monoisotopic (exact) mass is 1020 g/mol. The van der Waals surface area contributed by atoms with Crippen molar-refractivity contribution in [2.75, 3.05) is 90.8 Å². The van der Waals surface area contributed by atoms with Crippen molar-refractivity contribution in [2.24, 2.45) is 0 Å². The van der Waals surface area contributed by atoms with Crippen molar-refractivity contribution in [2.45, 2.75) is 76.3 Å². The molecule has 2 unspecified atom stereocenters. The van der Waals surface area contributed by atoms with Crippen LogP contribution in [0.2, 0.25) is 0 Å². The van der Waals surface area contributed by atoms with Gasteiger partial charge in [-0.15, -0.1) is 18.0 Å². The molecule has 3 N–H and O–H groups in total. The largest absolute Gasteiger partial charge is 1.00 e. The molecule has 6 heterocycles. The van der Waals surface area contributed by atoms with E-state index in [4.69, 9.17) is 0 Å². The number of alkyl halides is 1. The van der Waals surface area contributed by atoms with Gasteiger partial charge in [-0.25, -0.2) is 13.8 Å². The fourth-order valence-corrected chi connectivity index (χ4v) is 9.98. The Hall–Kier alpha value is -4.66. The van der Waals surface area contributed by atoms with Gasteiger partial charge in [-0.05, 0) is 113 Å². The molecule has 8 rings (SSSR count). The molecule has 4 aliphatic rings. The van der Waals surface area contributed by atoms with E-state index in [1.807, 2.05) is 38.1 Å². The van der Waals surface area contributed by atoms with Crippen LogP contribution in [0.25, 0.3) is 11.8 Å². The van der Waals surface area contributed by atoms with Crippen LogP contribution in [-0.2, 0) is 9.59 Å². The van der Waals surface area contributed by atoms with Gasteiger partial charge >= 0.3 is 51.4 Å². The SMILES string of the molecule is C/C=C1/CN(C(=O)c2cc(F)c(C3CCN(C(C)[C-]=Cc4[c-]nccc4-n4ccc(NC)cc4=O)CC3)c(F)c2)CCN1N(C)CCN1CCC(c2ccc(NC3CCC(=O)NC3=O)cc2)CC1.CF.[CH3-].[K+]. The van der Waals surface area contributed by atoms with Crippen LogP contribution in [0, 0.1) is 31.3 Å². The van der Waals surface area contributed by atoms with Crippen LogP contribution in [0.4, 0.5) is 24.5 Å². The van der Waals surface area contributed by atoms with Gasteiger partial charge in [0.2, 0.25) is 17.4 Å². The second-order valence-corrected chi connectivity index (χ2v) is 18.3. The van der Waals surface area contributed by atoms with Crippen LogP contribution in [0.3, 0.4) is 0 Å². The Morgan fingerprint density at radius 2 is 1.61 bits per heavy atom. The molecule has 0 saturated carbocycles. The average Bonchev–Trinajstić information content (AvgIpc) is 3.38. The number of likely N-dealkylation sites (tertiary alicyclic amines) is 2. The molecule has 4 saturated heterocycles. The summed E-state index contributed by atoms with van der Waals surface area (Å²) < 4.78 is 42.8. The molecular formula is C54H68F3KN10O4-2. The zero-order chi connectivity index (χ0) is 49.9. The number of allylic oxidation sites excluding steroid dienone is 1. The minimum Gasteiger partial charge on any atom is -0.388 e. The molecule has 14 nitrogen and oxygen atoms in total. The number of nitrogens with zero attached hydrogens (tertiary/aromatic N) is 7. The second-order valence-electron chi connectivity index (χ2n) is 18.3. The van der Waals surface area contributed by atoms with Crippen molar-refractivity contribution in [3.05, 3.63) is 143 Å². The summed E-state index contributed by atoms with van der Waals surface area (Å²) in [7, 11) is 4.32. The van der Waals surface area contributed by atoms with Gasteiger partial charge in [0, 0.05) is 80.6 Å². The molecule has 0 spiro atoms. The molecule has 4 fully saturated rings. The van der Waals surface area contributed by atoms with Crippen LogP contribution in [-0.4, -0.2) is 144 Å². The number of aromatic nitrogens is 2. The Kier molecular flexibility index (Phi) is 22.3. The summed E-state index contributed by atoms with van der Waals surface area (Å²) in [5, 5.41) is 13.0. The maximum atomic E-state index is 15.9. The van der Waals surface area contributed by atoms with Crippen LogP contribution >= 0.6 is 0 Å². The number of pyridine rings is 2. The van der Waals surface area contributed by atoms with Crippen LogP contribution in [0.5, 0.6) is 0 Å². The molecule has 2 aromatic heterocycles. The molecule has 3 amide bonds. The first kappa shape index (κ1) is 58.2. The van der Waals surface area contributed by atoms with E-state index in [0.717, 1.165) is 50.4 Å². The van der Waals surface area contributed by atoms with Gasteiger partial charge < -0.3 is 59.5 Å². The maximum absolute atomic E-state index is 15.9. The number of rotatable bonds is 14. The fraction of sp³-hybridized carbons (Fsp3) is 0.444. The third kappa shape index (κ3) is 14.3. The standard InChI is InChI=1S/C52H62F2N10O4.CH3F.CH3.K/c1-5-43-34-62(28-29-64(43)59(4)26-27-60-21-15-37(16-22-60)36-8-10-41(11-9-36)57-46-12-13-48(65)58-51(46)67)52(68)40-30-44(53)50(45(54)31-40)38-17-23-61(24-18-38)35(2)6-7-39-33-56-20-14-47(39)63-25-19-42(55-3)32-49(63)66;1-2;;/h5,7-11,14,19-20,25,30-32,35,37-38,46,55,57H,12-13,15-18,21-24,26-29,34H2,1-4H3,(H,58,65,67);1H3;1H3;/q-2;;-1;+1/b43-5-;;;. The van der Waals surface area contributed by atoms with Gasteiger partial charge in [0.25, 0.3) is 5.91 Å². The summed E-state index contributed by atoms with van der Waals surface area (Å²) in [6.45, 7) is 10.2. The Bertz CT molecular complexity index is 2560. The van der Waals surface area contributed by atoms with Gasteiger partial charge in [-0.3, -0.25) is 34.4 Å². The molecule has 18 heteroatoms. The van der Waals surface area contributed by atoms with E-state index in [1.54, 1.807) is 36.5 Å². The fourth-order valence-electron chi connectivity index (χ4n) is 9.98. The van der Waals surface area contributed by atoms with E-state index in [-0.39, 0.29) is 105 Å². The summed E-state index contributed by atoms with van der Waals surface area (Å²) in [5.41, 5.74) is 4.96. The summed E-state index contributed by atoms with van der Waals surface area (Å²) >= 11 is 0. The van der Waals surface area contributed by atoms with Crippen molar-refractivity contribution >= 4 is 35.2 Å². The van der Waals surface area contributed by atoms with Crippen LogP contribution in [0.1, 0.15) is 91.3 Å². The summed E-state index contributed by atoms with van der Waals surface area (Å²) in [6.07, 6.45) is 17.5. The molecule has 0 aliphatic carbocycles. The number of imide groups is 1. The first-order valence-corrected chi connectivity index (χ1v) is 24.2. The summed E-state index contributed by atoms with van der Waals surface area (Å²) in [6, 6.07) is 15.3. The number of hydrazine groups is 1. The quantitative estimate of drug-likeness (QED) is 0.0958. The van der Waals surface area contributed by atoms with Crippen LogP contribution in [0.15, 0.2) is 83.6 Å². The number of nitrogens with one attached hydrogen (secondary N) is 3. The van der Waals surface area contributed by atoms with Gasteiger partial charge in [-0.1, -0.05) is 37.4 Å². The zero-order valence-electron chi connectivity index (χ0n) is 42.8. The van der Waals surface area contributed by atoms with Gasteiger partial charge in [-0.2, -0.15) is 0 Å². The Morgan fingerprint density at radius 3 is 2.25 bits per heavy atom. The molecule has 0 bridgehead atoms. The van der Waals surface area contributed by atoms with E-state index in [1.165, 1.54) is 28.3 Å². The molecule has 4 aliphatic heterocycles. The first-order chi connectivity index (χ1) is 33.9. The predicted octanol–water partition coefficient (Wildman–Crippen LogP) is 4.08. The van der Waals surface area contributed by atoms with E-state index in [2.05, 4.69) is 72.2 Å². The normalized spacial score (nSPS) is 19.3. The van der Waals surface area contributed by atoms with Crippen molar-refractivity contribution in [1.82, 2.24) is 39.6 Å². The predicted molar refractivity (Wildman–Crippen MR) is 272 cm³/mol. The van der Waals surface area contributed by atoms with Gasteiger partial charge in [0.1, 0.15) is 17.7 Å². The number of piperidine rings is 3. The number of hydrogen-bond acceptors (Lipinski definition) is 11. The molecule has 4 aromatic rings. The van der Waals surface area contributed by atoms with E-state index < -0.39 is 17.7 Å². The first-order valence-electron chi connectivity index (χ1n) is 24.2. The third-order valence-electron chi connectivity index (χ3n) is 14.1. The number of hydrogen-bond donors (Lipinski definition) is 3. The maximum Gasteiger partial charge on any atom is 1.00 e. The number of piperazine rings is 1. The van der Waals surface area contributed by atoms with Crippen LogP contribution < -0.4 is 72.9 Å². The van der Waals surface area contributed by atoms with Gasteiger partial charge in [0.05, 0.1) is 20.3 Å². The second kappa shape index (κ2) is 27.6.